The van der Waals surface area contributed by atoms with Gasteiger partial charge < -0.3 is 10.0 Å². The Labute approximate surface area is 150 Å². The molecule has 0 bridgehead atoms. The second-order valence-electron chi connectivity index (χ2n) is 7.34. The van der Waals surface area contributed by atoms with Crippen molar-refractivity contribution < 1.29 is 14.7 Å². The van der Waals surface area contributed by atoms with Gasteiger partial charge in [0.2, 0.25) is 5.91 Å². The molecule has 1 saturated carbocycles. The molecule has 136 valence electrons. The van der Waals surface area contributed by atoms with E-state index < -0.39 is 11.9 Å². The van der Waals surface area contributed by atoms with Crippen molar-refractivity contribution >= 4 is 22.6 Å². The van der Waals surface area contributed by atoms with Crippen LogP contribution in [0.2, 0.25) is 0 Å². The lowest BCUT2D eigenvalue weighted by molar-refractivity contribution is -0.142. The van der Waals surface area contributed by atoms with E-state index in [4.69, 9.17) is 0 Å². The molecule has 0 radical (unpaired) electrons. The minimum absolute atomic E-state index is 0.0567. The van der Waals surface area contributed by atoms with Gasteiger partial charge in [-0.1, -0.05) is 18.2 Å². The molecule has 1 aliphatic carbocycles. The van der Waals surface area contributed by atoms with E-state index in [0.717, 1.165) is 12.8 Å². The topological polar surface area (TPSA) is 92.5 Å². The molecule has 7 heteroatoms. The first-order valence-electron chi connectivity index (χ1n) is 8.91. The number of hydrogen-bond acceptors (Lipinski definition) is 4. The molecule has 4 rings (SSSR count). The molecule has 1 amide bonds. The first-order chi connectivity index (χ1) is 12.5. The number of carboxylic acid groups (broad SMARTS) is 1. The first kappa shape index (κ1) is 16.8. The lowest BCUT2D eigenvalue weighted by Gasteiger charge is -2.17. The zero-order chi connectivity index (χ0) is 18.4. The van der Waals surface area contributed by atoms with E-state index in [1.165, 1.54) is 4.68 Å². The molecule has 7 nitrogen and oxygen atoms in total. The number of carbonyl (C=O) groups excluding carboxylic acids is 1. The molecule has 0 spiro atoms. The van der Waals surface area contributed by atoms with Gasteiger partial charge in [0.25, 0.3) is 5.56 Å². The van der Waals surface area contributed by atoms with Crippen LogP contribution in [0.4, 0.5) is 0 Å². The van der Waals surface area contributed by atoms with Gasteiger partial charge in [0.05, 0.1) is 23.4 Å². The summed E-state index contributed by atoms with van der Waals surface area (Å²) in [6, 6.07) is 7.13. The number of fused-ring (bicyclic) bond motifs is 1. The van der Waals surface area contributed by atoms with Gasteiger partial charge in [-0.3, -0.25) is 14.4 Å². The number of hydrogen-bond donors (Lipinski definition) is 1. The van der Waals surface area contributed by atoms with Crippen LogP contribution < -0.4 is 5.56 Å². The van der Waals surface area contributed by atoms with Gasteiger partial charge >= 0.3 is 5.97 Å². The molecule has 1 N–H and O–H groups in total. The number of amides is 1. The lowest BCUT2D eigenvalue weighted by Crippen LogP contribution is -2.32. The van der Waals surface area contributed by atoms with Crippen LogP contribution in [0.1, 0.15) is 18.5 Å². The summed E-state index contributed by atoms with van der Waals surface area (Å²) < 4.78 is 1.25. The molecular formula is C19H21N3O4. The molecule has 2 atom stereocenters. The van der Waals surface area contributed by atoms with Crippen molar-refractivity contribution in [2.45, 2.75) is 19.3 Å². The number of rotatable bonds is 4. The van der Waals surface area contributed by atoms with Gasteiger partial charge in [0, 0.05) is 25.5 Å². The number of benzene rings is 1. The Bertz CT molecular complexity index is 947. The molecular weight excluding hydrogens is 334 g/mol. The Morgan fingerprint density at radius 1 is 1.19 bits per heavy atom. The van der Waals surface area contributed by atoms with Crippen LogP contribution in [0.5, 0.6) is 0 Å². The zero-order valence-electron chi connectivity index (χ0n) is 14.6. The predicted octanol–water partition coefficient (Wildman–Crippen LogP) is 1.05. The largest absolute Gasteiger partial charge is 0.481 e. The Morgan fingerprint density at radius 2 is 1.88 bits per heavy atom. The summed E-state index contributed by atoms with van der Waals surface area (Å²) in [6.07, 6.45) is 2.19. The molecule has 2 fully saturated rings. The van der Waals surface area contributed by atoms with E-state index >= 15 is 0 Å². The standard InChI is InChI=1S/C19H21N3O4/c1-21-18(24)13-5-3-2-4-12(13)16(20-21)8-17(23)22-9-14(11-6-7-11)15(10-22)19(25)26/h2-5,11,14-15H,6-10H2,1H3,(H,25,26)/t14-,15+/m1/s1. The van der Waals surface area contributed by atoms with Crippen LogP contribution in [-0.2, 0) is 23.1 Å². The maximum Gasteiger partial charge on any atom is 0.308 e. The molecule has 1 aromatic heterocycles. The van der Waals surface area contributed by atoms with Gasteiger partial charge in [0.15, 0.2) is 0 Å². The maximum atomic E-state index is 12.8. The number of likely N-dealkylation sites (tertiary alicyclic amines) is 1. The van der Waals surface area contributed by atoms with Gasteiger partial charge in [0.1, 0.15) is 0 Å². The van der Waals surface area contributed by atoms with Crippen LogP contribution in [-0.4, -0.2) is 44.8 Å². The van der Waals surface area contributed by atoms with Crippen LogP contribution in [0.25, 0.3) is 10.8 Å². The predicted molar refractivity (Wildman–Crippen MR) is 94.6 cm³/mol. The number of aryl methyl sites for hydroxylation is 1. The summed E-state index contributed by atoms with van der Waals surface area (Å²) >= 11 is 0. The van der Waals surface area contributed by atoms with Crippen LogP contribution in [0.15, 0.2) is 29.1 Å². The summed E-state index contributed by atoms with van der Waals surface area (Å²) in [4.78, 5) is 38.2. The van der Waals surface area contributed by atoms with Crippen molar-refractivity contribution in [3.8, 4) is 0 Å². The van der Waals surface area contributed by atoms with Gasteiger partial charge in [-0.05, 0) is 30.7 Å². The molecule has 1 aromatic carbocycles. The van der Waals surface area contributed by atoms with E-state index in [1.54, 1.807) is 30.1 Å². The number of carbonyl (C=O) groups is 2. The fraction of sp³-hybridized carbons (Fsp3) is 0.474. The van der Waals surface area contributed by atoms with Crippen LogP contribution >= 0.6 is 0 Å². The van der Waals surface area contributed by atoms with Crippen molar-refractivity contribution in [3.63, 3.8) is 0 Å². The monoisotopic (exact) mass is 355 g/mol. The minimum atomic E-state index is -0.817. The van der Waals surface area contributed by atoms with E-state index in [2.05, 4.69) is 5.10 Å². The highest BCUT2D eigenvalue weighted by Crippen LogP contribution is 2.44. The number of carboxylic acids is 1. The summed E-state index contributed by atoms with van der Waals surface area (Å²) in [7, 11) is 1.57. The van der Waals surface area contributed by atoms with Crippen molar-refractivity contribution in [1.29, 1.82) is 0 Å². The average Bonchev–Trinajstić information content (AvgIpc) is 3.37. The Kier molecular flexibility index (Phi) is 4.01. The Balaban J connectivity index is 1.59. The highest BCUT2D eigenvalue weighted by atomic mass is 16.4. The minimum Gasteiger partial charge on any atom is -0.481 e. The zero-order valence-corrected chi connectivity index (χ0v) is 14.6. The van der Waals surface area contributed by atoms with E-state index in [1.807, 2.05) is 6.07 Å². The molecule has 1 saturated heterocycles. The SMILES string of the molecule is Cn1nc(CC(=O)N2C[C@H](C(=O)O)[C@@H](C3CC3)C2)c2ccccc2c1=O. The number of nitrogens with zero attached hydrogens (tertiary/aromatic N) is 3. The van der Waals surface area contributed by atoms with Crippen molar-refractivity contribution in [2.75, 3.05) is 13.1 Å². The number of aromatic nitrogens is 2. The summed E-state index contributed by atoms with van der Waals surface area (Å²) in [6.45, 7) is 0.767. The van der Waals surface area contributed by atoms with Crippen LogP contribution in [0.3, 0.4) is 0 Å². The summed E-state index contributed by atoms with van der Waals surface area (Å²) in [5, 5.41) is 15.0. The smallest absolute Gasteiger partial charge is 0.308 e. The normalized spacial score (nSPS) is 22.7. The molecule has 1 aliphatic heterocycles. The van der Waals surface area contributed by atoms with E-state index in [-0.39, 0.29) is 30.3 Å². The maximum absolute atomic E-state index is 12.8. The van der Waals surface area contributed by atoms with Crippen molar-refractivity contribution in [1.82, 2.24) is 14.7 Å². The molecule has 2 aromatic rings. The second-order valence-corrected chi connectivity index (χ2v) is 7.34. The summed E-state index contributed by atoms with van der Waals surface area (Å²) in [5.41, 5.74) is 0.354. The molecule has 2 heterocycles. The van der Waals surface area contributed by atoms with Gasteiger partial charge in [-0.15, -0.1) is 0 Å². The highest BCUT2D eigenvalue weighted by molar-refractivity contribution is 5.88. The van der Waals surface area contributed by atoms with E-state index in [9.17, 15) is 19.5 Å². The fourth-order valence-electron chi connectivity index (χ4n) is 4.06. The summed E-state index contributed by atoms with van der Waals surface area (Å²) in [5.74, 6) is -0.929. The van der Waals surface area contributed by atoms with Crippen molar-refractivity contribution in [2.24, 2.45) is 24.8 Å². The Morgan fingerprint density at radius 3 is 2.54 bits per heavy atom. The third-order valence-electron chi connectivity index (χ3n) is 5.61. The first-order valence-corrected chi connectivity index (χ1v) is 8.91. The average molecular weight is 355 g/mol. The second kappa shape index (κ2) is 6.23. The van der Waals surface area contributed by atoms with Gasteiger partial charge in [-0.2, -0.15) is 5.10 Å². The van der Waals surface area contributed by atoms with Crippen LogP contribution in [0, 0.1) is 17.8 Å². The Hall–Kier alpha value is -2.70. The molecule has 0 unspecified atom stereocenters. The third kappa shape index (κ3) is 2.87. The molecule has 2 aliphatic rings. The third-order valence-corrected chi connectivity index (χ3v) is 5.61. The van der Waals surface area contributed by atoms with E-state index in [0.29, 0.717) is 28.9 Å². The van der Waals surface area contributed by atoms with Gasteiger partial charge in [-0.25, -0.2) is 4.68 Å². The van der Waals surface area contributed by atoms with Crippen molar-refractivity contribution in [3.05, 3.63) is 40.3 Å². The highest BCUT2D eigenvalue weighted by Gasteiger charge is 2.46. The quantitative estimate of drug-likeness (QED) is 0.885. The lowest BCUT2D eigenvalue weighted by atomic mass is 9.92. The molecule has 26 heavy (non-hydrogen) atoms. The number of aliphatic carboxylic acids is 1. The fourth-order valence-corrected chi connectivity index (χ4v) is 4.06.